The molecule has 1 saturated carbocycles. The molecule has 0 bridgehead atoms. The molecule has 1 fully saturated rings. The SMILES string of the molecule is CC(C)NC(=O)O[C@@H]1CC[C@H](c2cc(Nc3cnc4c(c3)NS(=O)(=O)CC4)n[nH]2)C1. The van der Waals surface area contributed by atoms with Crippen molar-refractivity contribution < 1.29 is 17.9 Å². The average Bonchev–Trinajstić information content (AvgIpc) is 3.29. The van der Waals surface area contributed by atoms with Gasteiger partial charge in [0.25, 0.3) is 0 Å². The molecule has 11 heteroatoms. The van der Waals surface area contributed by atoms with E-state index in [0.717, 1.165) is 30.7 Å². The number of aromatic nitrogens is 3. The third-order valence-electron chi connectivity index (χ3n) is 5.22. The van der Waals surface area contributed by atoms with Gasteiger partial charge in [0.05, 0.1) is 29.0 Å². The third-order valence-corrected chi connectivity index (χ3v) is 6.49. The summed E-state index contributed by atoms with van der Waals surface area (Å²) < 4.78 is 31.6. The van der Waals surface area contributed by atoms with Crippen molar-refractivity contribution in [3.05, 3.63) is 29.7 Å². The summed E-state index contributed by atoms with van der Waals surface area (Å²) in [5.41, 5.74) is 2.85. The first kappa shape index (κ1) is 20.5. The lowest BCUT2D eigenvalue weighted by atomic mass is 10.0. The fourth-order valence-electron chi connectivity index (χ4n) is 3.81. The van der Waals surface area contributed by atoms with Crippen LogP contribution in [0, 0.1) is 0 Å². The smallest absolute Gasteiger partial charge is 0.407 e. The molecular weight excluding hydrogens is 408 g/mol. The number of nitrogens with zero attached hydrogens (tertiary/aromatic N) is 2. The minimum absolute atomic E-state index is 0.0457. The lowest BCUT2D eigenvalue weighted by Gasteiger charge is -2.18. The first-order valence-electron chi connectivity index (χ1n) is 10.1. The molecule has 4 N–H and O–H groups in total. The number of fused-ring (bicyclic) bond motifs is 1. The van der Waals surface area contributed by atoms with E-state index in [4.69, 9.17) is 4.74 Å². The number of hydrogen-bond donors (Lipinski definition) is 4. The Kier molecular flexibility index (Phi) is 5.54. The Morgan fingerprint density at radius 3 is 2.93 bits per heavy atom. The zero-order valence-electron chi connectivity index (χ0n) is 16.9. The zero-order chi connectivity index (χ0) is 21.3. The zero-order valence-corrected chi connectivity index (χ0v) is 17.8. The lowest BCUT2D eigenvalue weighted by molar-refractivity contribution is 0.0981. The molecule has 3 heterocycles. The van der Waals surface area contributed by atoms with E-state index in [9.17, 15) is 13.2 Å². The maximum atomic E-state index is 11.8. The number of amides is 1. The molecule has 2 aliphatic rings. The number of ether oxygens (including phenoxy) is 1. The molecule has 162 valence electrons. The number of H-pyrrole nitrogens is 1. The molecule has 2 aromatic heterocycles. The number of rotatable bonds is 5. The lowest BCUT2D eigenvalue weighted by Crippen LogP contribution is -2.33. The molecule has 0 saturated heterocycles. The predicted octanol–water partition coefficient (Wildman–Crippen LogP) is 2.62. The van der Waals surface area contributed by atoms with E-state index in [0.29, 0.717) is 23.6 Å². The number of carbonyl (C=O) groups is 1. The number of hydrogen-bond acceptors (Lipinski definition) is 7. The molecule has 10 nitrogen and oxygen atoms in total. The fourth-order valence-corrected chi connectivity index (χ4v) is 4.88. The Hall–Kier alpha value is -2.82. The maximum Gasteiger partial charge on any atom is 0.407 e. The van der Waals surface area contributed by atoms with Gasteiger partial charge >= 0.3 is 6.09 Å². The van der Waals surface area contributed by atoms with Crippen molar-refractivity contribution in [2.24, 2.45) is 0 Å². The van der Waals surface area contributed by atoms with Crippen LogP contribution >= 0.6 is 0 Å². The minimum Gasteiger partial charge on any atom is -0.446 e. The topological polar surface area (TPSA) is 138 Å². The van der Waals surface area contributed by atoms with Crippen LogP contribution in [0.2, 0.25) is 0 Å². The van der Waals surface area contributed by atoms with E-state index in [1.165, 1.54) is 0 Å². The van der Waals surface area contributed by atoms with Crippen LogP contribution in [0.4, 0.5) is 22.0 Å². The number of pyridine rings is 1. The van der Waals surface area contributed by atoms with Gasteiger partial charge in [-0.1, -0.05) is 0 Å². The van der Waals surface area contributed by atoms with Crippen molar-refractivity contribution in [2.45, 2.75) is 57.6 Å². The van der Waals surface area contributed by atoms with Crippen LogP contribution < -0.4 is 15.4 Å². The minimum atomic E-state index is -3.29. The number of aromatic amines is 1. The normalized spacial score (nSPS) is 22.2. The summed E-state index contributed by atoms with van der Waals surface area (Å²) in [6, 6.07) is 3.69. The monoisotopic (exact) mass is 434 g/mol. The highest BCUT2D eigenvalue weighted by Crippen LogP contribution is 2.36. The molecule has 0 radical (unpaired) electrons. The summed E-state index contributed by atoms with van der Waals surface area (Å²) in [7, 11) is -3.29. The highest BCUT2D eigenvalue weighted by molar-refractivity contribution is 7.92. The van der Waals surface area contributed by atoms with Crippen molar-refractivity contribution in [2.75, 3.05) is 15.8 Å². The molecule has 2 aromatic rings. The van der Waals surface area contributed by atoms with Gasteiger partial charge in [-0.25, -0.2) is 13.2 Å². The van der Waals surface area contributed by atoms with E-state index < -0.39 is 10.0 Å². The quantitative estimate of drug-likeness (QED) is 0.567. The molecule has 1 aliphatic heterocycles. The van der Waals surface area contributed by atoms with Gasteiger partial charge in [0.2, 0.25) is 10.0 Å². The summed E-state index contributed by atoms with van der Waals surface area (Å²) in [4.78, 5) is 16.1. The van der Waals surface area contributed by atoms with E-state index in [2.05, 4.69) is 30.5 Å². The molecule has 30 heavy (non-hydrogen) atoms. The van der Waals surface area contributed by atoms with Crippen molar-refractivity contribution in [1.82, 2.24) is 20.5 Å². The van der Waals surface area contributed by atoms with Crippen molar-refractivity contribution in [3.8, 4) is 0 Å². The second-order valence-corrected chi connectivity index (χ2v) is 9.90. The van der Waals surface area contributed by atoms with Crippen LogP contribution in [0.5, 0.6) is 0 Å². The van der Waals surface area contributed by atoms with Gasteiger partial charge in [-0.2, -0.15) is 5.10 Å². The van der Waals surface area contributed by atoms with Crippen LogP contribution in [-0.2, 0) is 21.2 Å². The third kappa shape index (κ3) is 4.84. The number of anilines is 3. The highest BCUT2D eigenvalue weighted by Gasteiger charge is 2.30. The van der Waals surface area contributed by atoms with Crippen molar-refractivity contribution in [1.29, 1.82) is 0 Å². The highest BCUT2D eigenvalue weighted by atomic mass is 32.2. The van der Waals surface area contributed by atoms with Crippen molar-refractivity contribution >= 4 is 33.3 Å². The Morgan fingerprint density at radius 2 is 2.13 bits per heavy atom. The number of nitrogens with one attached hydrogen (secondary N) is 4. The van der Waals surface area contributed by atoms with Crippen LogP contribution in [0.15, 0.2) is 18.3 Å². The number of carbonyl (C=O) groups excluding carboxylic acids is 1. The Bertz CT molecular complexity index is 1040. The Labute approximate surface area is 175 Å². The van der Waals surface area contributed by atoms with Crippen molar-refractivity contribution in [3.63, 3.8) is 0 Å². The molecule has 1 aliphatic carbocycles. The molecule has 1 amide bonds. The molecule has 2 atom stereocenters. The summed E-state index contributed by atoms with van der Waals surface area (Å²) in [6.45, 7) is 3.79. The number of alkyl carbamates (subject to hydrolysis) is 1. The van der Waals surface area contributed by atoms with Crippen LogP contribution in [0.1, 0.15) is 50.4 Å². The first-order chi connectivity index (χ1) is 14.3. The van der Waals surface area contributed by atoms with Crippen LogP contribution in [0.3, 0.4) is 0 Å². The molecule has 0 spiro atoms. The van der Waals surface area contributed by atoms with E-state index in [1.807, 2.05) is 19.9 Å². The standard InChI is InChI=1S/C19H26N6O4S/c1-11(2)21-19(26)29-14-4-3-12(7-14)16-9-18(24-23-16)22-13-8-17-15(20-10-13)5-6-30(27,28)25-17/h8-12,14,25H,3-7H2,1-2H3,(H,21,26)(H2,22,23,24)/t12-,14+/m0/s1. The van der Waals surface area contributed by atoms with E-state index in [1.54, 1.807) is 12.3 Å². The van der Waals surface area contributed by atoms with Crippen LogP contribution in [0.25, 0.3) is 0 Å². The maximum absolute atomic E-state index is 11.8. The largest absolute Gasteiger partial charge is 0.446 e. The van der Waals surface area contributed by atoms with Gasteiger partial charge in [-0.3, -0.25) is 14.8 Å². The summed E-state index contributed by atoms with van der Waals surface area (Å²) in [5.74, 6) is 0.902. The second-order valence-electron chi connectivity index (χ2n) is 8.06. The summed E-state index contributed by atoms with van der Waals surface area (Å²) in [6.07, 6.45) is 4.05. The van der Waals surface area contributed by atoms with E-state index >= 15 is 0 Å². The first-order valence-corrected chi connectivity index (χ1v) is 11.7. The fraction of sp³-hybridized carbons (Fsp3) is 0.526. The molecular formula is C19H26N6O4S. The van der Waals surface area contributed by atoms with Crippen LogP contribution in [-0.4, -0.2) is 47.6 Å². The van der Waals surface area contributed by atoms with Gasteiger partial charge < -0.3 is 15.4 Å². The molecule has 4 rings (SSSR count). The summed E-state index contributed by atoms with van der Waals surface area (Å²) in [5, 5.41) is 13.2. The molecule has 0 aromatic carbocycles. The van der Waals surface area contributed by atoms with Gasteiger partial charge in [0.15, 0.2) is 5.82 Å². The number of sulfonamides is 1. The van der Waals surface area contributed by atoms with Gasteiger partial charge in [0.1, 0.15) is 6.10 Å². The van der Waals surface area contributed by atoms with E-state index in [-0.39, 0.29) is 29.9 Å². The second kappa shape index (κ2) is 8.13. The van der Waals surface area contributed by atoms with Gasteiger partial charge in [-0.15, -0.1) is 0 Å². The van der Waals surface area contributed by atoms with Gasteiger partial charge in [0, 0.05) is 30.1 Å². The Balaban J connectivity index is 1.37. The summed E-state index contributed by atoms with van der Waals surface area (Å²) >= 11 is 0. The van der Waals surface area contributed by atoms with Gasteiger partial charge in [-0.05, 0) is 39.2 Å². The predicted molar refractivity (Wildman–Crippen MR) is 112 cm³/mol. The average molecular weight is 435 g/mol. The number of aryl methyl sites for hydroxylation is 1. The molecule has 0 unspecified atom stereocenters. The Morgan fingerprint density at radius 1 is 1.30 bits per heavy atom.